The minimum atomic E-state index is 0.929. The molecule has 0 atom stereocenters. The highest BCUT2D eigenvalue weighted by atomic mass is 15.0. The SMILES string of the molecule is C/C=C\c1cc(-c2c3ccccc3c(-c3ccc4ccccc4c3)c3cc(-c4ccc5c6ccc7cccnc7c6c6nc7ccccc7n6c5c4)ccc23)ccc1C.CC. The number of hydrogen-bond donors (Lipinski definition) is 0. The Balaban J connectivity index is 0.00000207. The summed E-state index contributed by atoms with van der Waals surface area (Å²) in [7, 11) is 0. The normalized spacial score (nSPS) is 11.9. The third kappa shape index (κ3) is 5.73. The number of aryl methyl sites for hydroxylation is 1. The summed E-state index contributed by atoms with van der Waals surface area (Å²) in [4.78, 5) is 10.2. The molecule has 3 nitrogen and oxygen atoms in total. The van der Waals surface area contributed by atoms with Gasteiger partial charge < -0.3 is 0 Å². The Labute approximate surface area is 354 Å². The van der Waals surface area contributed by atoms with E-state index < -0.39 is 0 Å². The van der Waals surface area contributed by atoms with Crippen LogP contribution in [0.1, 0.15) is 31.9 Å². The first kappa shape index (κ1) is 36.5. The van der Waals surface area contributed by atoms with E-state index in [4.69, 9.17) is 9.97 Å². The number of imidazole rings is 1. The van der Waals surface area contributed by atoms with Crippen LogP contribution in [0.5, 0.6) is 0 Å². The van der Waals surface area contributed by atoms with Crippen molar-refractivity contribution in [3.63, 3.8) is 0 Å². The number of pyridine rings is 2. The molecule has 0 unspecified atom stereocenters. The predicted molar refractivity (Wildman–Crippen MR) is 263 cm³/mol. The van der Waals surface area contributed by atoms with Crippen molar-refractivity contribution in [3.8, 4) is 33.4 Å². The van der Waals surface area contributed by atoms with E-state index in [9.17, 15) is 0 Å². The minimum absolute atomic E-state index is 0.929. The quantitative estimate of drug-likeness (QED) is 0.131. The van der Waals surface area contributed by atoms with Crippen molar-refractivity contribution in [3.05, 3.63) is 193 Å². The Morgan fingerprint density at radius 3 is 1.93 bits per heavy atom. The van der Waals surface area contributed by atoms with E-state index in [0.29, 0.717) is 0 Å². The van der Waals surface area contributed by atoms with Crippen molar-refractivity contribution >= 4 is 87.7 Å². The van der Waals surface area contributed by atoms with E-state index in [1.807, 2.05) is 26.1 Å². The van der Waals surface area contributed by atoms with E-state index in [1.54, 1.807) is 0 Å². The molecule has 0 N–H and O–H groups in total. The Morgan fingerprint density at radius 2 is 1.10 bits per heavy atom. The molecule has 0 aliphatic rings. The number of fused-ring (bicyclic) bond motifs is 13. The van der Waals surface area contributed by atoms with Crippen LogP contribution in [-0.4, -0.2) is 14.4 Å². The van der Waals surface area contributed by atoms with Crippen molar-refractivity contribution in [2.45, 2.75) is 27.7 Å². The van der Waals surface area contributed by atoms with Gasteiger partial charge in [-0.3, -0.25) is 9.38 Å². The lowest BCUT2D eigenvalue weighted by Crippen LogP contribution is -1.95. The molecule has 0 fully saturated rings. The number of para-hydroxylation sites is 2. The van der Waals surface area contributed by atoms with Gasteiger partial charge in [0.05, 0.1) is 27.5 Å². The smallest absolute Gasteiger partial charge is 0.148 e. The molecular weight excluding hydrogens is 739 g/mol. The first-order valence-electron chi connectivity index (χ1n) is 21.3. The molecule has 290 valence electrons. The maximum absolute atomic E-state index is 5.26. The van der Waals surface area contributed by atoms with Gasteiger partial charge in [-0.15, -0.1) is 0 Å². The molecule has 0 aliphatic carbocycles. The fourth-order valence-corrected chi connectivity index (χ4v) is 9.64. The largest absolute Gasteiger partial charge is 0.292 e. The predicted octanol–water partition coefficient (Wildman–Crippen LogP) is 16.2. The first-order chi connectivity index (χ1) is 30.1. The fraction of sp³-hybridized carbons (Fsp3) is 0.0690. The Hall–Kier alpha value is -7.62. The lowest BCUT2D eigenvalue weighted by atomic mass is 9.84. The maximum Gasteiger partial charge on any atom is 0.148 e. The summed E-state index contributed by atoms with van der Waals surface area (Å²) in [6, 6.07) is 62.5. The van der Waals surface area contributed by atoms with Crippen molar-refractivity contribution in [2.75, 3.05) is 0 Å². The van der Waals surface area contributed by atoms with Gasteiger partial charge in [0.1, 0.15) is 5.65 Å². The van der Waals surface area contributed by atoms with Crippen LogP contribution >= 0.6 is 0 Å². The number of benzene rings is 9. The van der Waals surface area contributed by atoms with E-state index in [1.165, 1.54) is 76.6 Å². The second-order valence-corrected chi connectivity index (χ2v) is 15.7. The summed E-state index contributed by atoms with van der Waals surface area (Å²) in [5.74, 6) is 0. The van der Waals surface area contributed by atoms with Crippen LogP contribution in [0.15, 0.2) is 182 Å². The average molecular weight is 782 g/mol. The highest BCUT2D eigenvalue weighted by molar-refractivity contribution is 6.24. The second kappa shape index (κ2) is 14.6. The van der Waals surface area contributed by atoms with Crippen LogP contribution in [0.2, 0.25) is 0 Å². The first-order valence-corrected chi connectivity index (χ1v) is 21.3. The number of aromatic nitrogens is 3. The fourth-order valence-electron chi connectivity index (χ4n) is 9.64. The topological polar surface area (TPSA) is 30.2 Å². The van der Waals surface area contributed by atoms with Gasteiger partial charge in [0.2, 0.25) is 0 Å². The van der Waals surface area contributed by atoms with Crippen LogP contribution in [-0.2, 0) is 0 Å². The summed E-state index contributed by atoms with van der Waals surface area (Å²) in [5, 5.41) is 12.0. The molecule has 3 aromatic heterocycles. The molecular formula is C58H43N3. The zero-order valence-corrected chi connectivity index (χ0v) is 34.7. The van der Waals surface area contributed by atoms with Gasteiger partial charge in [-0.25, -0.2) is 4.98 Å². The molecule has 0 saturated carbocycles. The Bertz CT molecular complexity index is 3760. The zero-order chi connectivity index (χ0) is 41.2. The van der Waals surface area contributed by atoms with Crippen molar-refractivity contribution in [2.24, 2.45) is 0 Å². The van der Waals surface area contributed by atoms with Gasteiger partial charge in [-0.1, -0.05) is 153 Å². The van der Waals surface area contributed by atoms with Gasteiger partial charge in [-0.2, -0.15) is 0 Å². The number of nitrogens with zero attached hydrogens (tertiary/aromatic N) is 3. The molecule has 0 aliphatic heterocycles. The van der Waals surface area contributed by atoms with E-state index >= 15 is 0 Å². The van der Waals surface area contributed by atoms with Crippen LogP contribution in [0.3, 0.4) is 0 Å². The van der Waals surface area contributed by atoms with Crippen molar-refractivity contribution in [1.29, 1.82) is 0 Å². The summed E-state index contributed by atoms with van der Waals surface area (Å²) in [6.07, 6.45) is 6.23. The van der Waals surface area contributed by atoms with E-state index in [0.717, 1.165) is 49.4 Å². The van der Waals surface area contributed by atoms with Crippen LogP contribution in [0, 0.1) is 6.92 Å². The second-order valence-electron chi connectivity index (χ2n) is 15.7. The average Bonchev–Trinajstić information content (AvgIpc) is 3.71. The van der Waals surface area contributed by atoms with E-state index in [2.05, 4.69) is 194 Å². The van der Waals surface area contributed by atoms with Crippen LogP contribution < -0.4 is 0 Å². The molecule has 12 rings (SSSR count). The minimum Gasteiger partial charge on any atom is -0.292 e. The van der Waals surface area contributed by atoms with Crippen LogP contribution in [0.4, 0.5) is 0 Å². The Morgan fingerprint density at radius 1 is 0.475 bits per heavy atom. The molecule has 0 bridgehead atoms. The number of rotatable bonds is 4. The number of hydrogen-bond acceptors (Lipinski definition) is 2. The summed E-state index contributed by atoms with van der Waals surface area (Å²) in [6.45, 7) is 8.28. The van der Waals surface area contributed by atoms with Gasteiger partial charge in [0.25, 0.3) is 0 Å². The third-order valence-corrected chi connectivity index (χ3v) is 12.4. The lowest BCUT2D eigenvalue weighted by Gasteiger charge is -2.20. The summed E-state index contributed by atoms with van der Waals surface area (Å²) >= 11 is 0. The highest BCUT2D eigenvalue weighted by Crippen LogP contribution is 2.46. The molecule has 12 aromatic rings. The molecule has 0 spiro atoms. The van der Waals surface area contributed by atoms with Gasteiger partial charge in [0, 0.05) is 17.0 Å². The van der Waals surface area contributed by atoms with Gasteiger partial charge in [-0.05, 0) is 139 Å². The van der Waals surface area contributed by atoms with Crippen molar-refractivity contribution in [1.82, 2.24) is 14.4 Å². The monoisotopic (exact) mass is 781 g/mol. The number of allylic oxidation sites excluding steroid dienone is 1. The molecule has 9 aromatic carbocycles. The molecule has 61 heavy (non-hydrogen) atoms. The molecule has 3 heteroatoms. The highest BCUT2D eigenvalue weighted by Gasteiger charge is 2.20. The summed E-state index contributed by atoms with van der Waals surface area (Å²) < 4.78 is 2.34. The van der Waals surface area contributed by atoms with E-state index in [-0.39, 0.29) is 0 Å². The van der Waals surface area contributed by atoms with Crippen molar-refractivity contribution < 1.29 is 0 Å². The molecule has 0 amide bonds. The van der Waals surface area contributed by atoms with Gasteiger partial charge in [0.15, 0.2) is 0 Å². The Kier molecular flexibility index (Phi) is 8.72. The lowest BCUT2D eigenvalue weighted by molar-refractivity contribution is 1.31. The zero-order valence-electron chi connectivity index (χ0n) is 34.7. The van der Waals surface area contributed by atoms with Crippen LogP contribution in [0.25, 0.3) is 121 Å². The molecule has 0 saturated heterocycles. The summed E-state index contributed by atoms with van der Waals surface area (Å²) in [5.41, 5.74) is 14.9. The van der Waals surface area contributed by atoms with Gasteiger partial charge >= 0.3 is 0 Å². The third-order valence-electron chi connectivity index (χ3n) is 12.4. The molecule has 3 heterocycles. The maximum atomic E-state index is 5.26. The standard InChI is InChI=1S/C56H37N3.C2H6/c1-3-11-37-30-41(20-19-34(37)2)52-44-15-6-7-16-45(44)53(42-22-21-35-12-4-5-13-38(35)31-42)48-32-39(25-28-47(48)52)40-24-26-43-46-27-23-36-14-10-29-57-55(36)54(46)56-58-49-17-8-9-18-50(49)59(56)51(43)33-40;1-2/h3-33H,1-2H3;1-2H3/b11-3-;. The molecule has 0 radical (unpaired) electrons.